The van der Waals surface area contributed by atoms with E-state index >= 15 is 0 Å². The van der Waals surface area contributed by atoms with E-state index < -0.39 is 5.97 Å². The molecule has 0 amide bonds. The van der Waals surface area contributed by atoms with E-state index in [0.29, 0.717) is 0 Å². The van der Waals surface area contributed by atoms with Crippen LogP contribution in [0.2, 0.25) is 0 Å². The summed E-state index contributed by atoms with van der Waals surface area (Å²) in [6, 6.07) is 7.90. The minimum absolute atomic E-state index is 0. The van der Waals surface area contributed by atoms with Gasteiger partial charge in [-0.15, -0.1) is 29.8 Å². The first-order valence-corrected chi connectivity index (χ1v) is 3.48. The number of hydrogen-bond acceptors (Lipinski definition) is 1. The number of benzene rings is 1. The van der Waals surface area contributed by atoms with Crippen LogP contribution in [0.1, 0.15) is 22.8 Å². The number of carboxylic acids is 1. The number of carboxylic acid groups (broad SMARTS) is 1. The molecule has 0 saturated carbocycles. The molecule has 1 radical (unpaired) electrons. The Hall–Kier alpha value is -0.648. The first-order chi connectivity index (χ1) is 5.25. The first-order valence-electron chi connectivity index (χ1n) is 3.48. The summed E-state index contributed by atoms with van der Waals surface area (Å²) in [6.45, 7) is 1.93. The van der Waals surface area contributed by atoms with Crippen LogP contribution in [-0.2, 0) is 26.8 Å². The summed E-state index contributed by atoms with van der Waals surface area (Å²) < 4.78 is 0. The van der Waals surface area contributed by atoms with Gasteiger partial charge in [-0.3, -0.25) is 0 Å². The second-order valence-corrected chi connectivity index (χ2v) is 2.23. The van der Waals surface area contributed by atoms with Crippen molar-refractivity contribution in [2.75, 3.05) is 0 Å². The maximum Gasteiger partial charge on any atom is 0.247 e. The Morgan fingerprint density at radius 2 is 2.33 bits per heavy atom. The van der Waals surface area contributed by atoms with Gasteiger partial charge in [-0.1, -0.05) is 18.9 Å². The zero-order chi connectivity index (χ0) is 8.27. The molecule has 0 aliphatic carbocycles. The molecule has 2 nitrogen and oxygen atoms in total. The van der Waals surface area contributed by atoms with E-state index in [2.05, 4.69) is 6.07 Å². The number of carbonyl (C=O) groups is 1. The Morgan fingerprint density at radius 3 is 2.75 bits per heavy atom. The van der Waals surface area contributed by atoms with Crippen molar-refractivity contribution in [1.29, 1.82) is 0 Å². The Balaban J connectivity index is 0.00000121. The van der Waals surface area contributed by atoms with Gasteiger partial charge in [0.15, 0.2) is 0 Å². The normalized spacial score (nSPS) is 8.75. The summed E-state index contributed by atoms with van der Waals surface area (Å²) in [5, 5.41) is 8.67. The molecule has 0 atom stereocenters. The fourth-order valence-corrected chi connectivity index (χ4v) is 0.965. The Kier molecular flexibility index (Phi) is 4.80. The molecule has 1 aromatic carbocycles. The van der Waals surface area contributed by atoms with Gasteiger partial charge < -0.3 is 9.90 Å². The van der Waals surface area contributed by atoms with Crippen LogP contribution in [0.4, 0.5) is 0 Å². The average Bonchev–Trinajstić information content (AvgIpc) is 2.04. The fraction of sp³-hybridized carbons (Fsp3) is 0.222. The van der Waals surface area contributed by atoms with Crippen LogP contribution in [0.25, 0.3) is 0 Å². The van der Waals surface area contributed by atoms with Crippen LogP contribution in [0, 0.1) is 6.07 Å². The molecule has 0 aliphatic heterocycles. The van der Waals surface area contributed by atoms with E-state index in [0.717, 1.165) is 12.0 Å². The van der Waals surface area contributed by atoms with Crippen molar-refractivity contribution in [1.82, 2.24) is 0 Å². The first kappa shape index (κ1) is 11.4. The second-order valence-electron chi connectivity index (χ2n) is 2.23. The summed E-state index contributed by atoms with van der Waals surface area (Å²) in [5.41, 5.74) is 1.12. The van der Waals surface area contributed by atoms with Crippen LogP contribution >= 0.6 is 0 Å². The molecule has 0 bridgehead atoms. The Bertz CT molecular complexity index is 271. The van der Waals surface area contributed by atoms with Crippen LogP contribution in [0.3, 0.4) is 0 Å². The molecule has 1 rings (SSSR count). The molecule has 3 heteroatoms. The number of aromatic carboxylic acids is 1. The molecule has 0 heterocycles. The summed E-state index contributed by atoms with van der Waals surface area (Å²) in [7, 11) is 0. The molecule has 0 aromatic heterocycles. The van der Waals surface area contributed by atoms with Crippen LogP contribution in [0.5, 0.6) is 0 Å². The van der Waals surface area contributed by atoms with E-state index in [9.17, 15) is 4.79 Å². The van der Waals surface area contributed by atoms with E-state index in [1.54, 1.807) is 18.2 Å². The summed E-state index contributed by atoms with van der Waals surface area (Å²) >= 11 is 0. The number of rotatable bonds is 2. The van der Waals surface area contributed by atoms with Gasteiger partial charge >= 0.3 is 0 Å². The fourth-order valence-electron chi connectivity index (χ4n) is 0.965. The van der Waals surface area contributed by atoms with Crippen molar-refractivity contribution in [3.8, 4) is 0 Å². The van der Waals surface area contributed by atoms with Crippen LogP contribution in [-0.4, -0.2) is 11.1 Å². The van der Waals surface area contributed by atoms with E-state index in [4.69, 9.17) is 5.11 Å². The largest absolute Gasteiger partial charge is 0.521 e. The predicted molar refractivity (Wildman–Crippen MR) is 41.6 cm³/mol. The summed E-state index contributed by atoms with van der Waals surface area (Å²) in [6.07, 6.45) is 0.735. The van der Waals surface area contributed by atoms with Gasteiger partial charge in [0.25, 0.3) is 0 Å². The monoisotopic (exact) mass is 336 g/mol. The molecule has 65 valence electrons. The molecule has 0 fully saturated rings. The molecule has 0 aliphatic rings. The van der Waals surface area contributed by atoms with Gasteiger partial charge in [-0.25, -0.2) is 0 Å². The molecule has 0 spiro atoms. The van der Waals surface area contributed by atoms with E-state index in [-0.39, 0.29) is 26.0 Å². The average molecular weight is 335 g/mol. The third kappa shape index (κ3) is 2.44. The molecule has 12 heavy (non-hydrogen) atoms. The zero-order valence-electron chi connectivity index (χ0n) is 6.67. The smallest absolute Gasteiger partial charge is 0.247 e. The quantitative estimate of drug-likeness (QED) is 0.836. The van der Waals surface area contributed by atoms with Crippen molar-refractivity contribution in [2.45, 2.75) is 13.3 Å². The van der Waals surface area contributed by atoms with Gasteiger partial charge in [0.2, 0.25) is 5.97 Å². The Labute approximate surface area is 85.3 Å². The number of aryl methyl sites for hydroxylation is 1. The van der Waals surface area contributed by atoms with Crippen molar-refractivity contribution >= 4 is 5.97 Å². The van der Waals surface area contributed by atoms with Crippen molar-refractivity contribution in [3.63, 3.8) is 0 Å². The maximum absolute atomic E-state index is 10.5. The Morgan fingerprint density at radius 1 is 1.67 bits per heavy atom. The van der Waals surface area contributed by atoms with Gasteiger partial charge in [0.05, 0.1) is 0 Å². The summed E-state index contributed by atoms with van der Waals surface area (Å²) in [5.74, 6) is -0.901. The third-order valence-corrected chi connectivity index (χ3v) is 1.54. The SMILES string of the molecule is CCc1ccc[c-]c1C(=O)O.[Re]. The van der Waals surface area contributed by atoms with E-state index in [1.165, 1.54) is 0 Å². The van der Waals surface area contributed by atoms with Gasteiger partial charge in [0, 0.05) is 20.4 Å². The molecular formula is C9H9O2Re-. The maximum atomic E-state index is 10.5. The number of hydrogen-bond donors (Lipinski definition) is 1. The molecule has 1 N–H and O–H groups in total. The minimum Gasteiger partial charge on any atom is -0.521 e. The second kappa shape index (κ2) is 5.08. The van der Waals surface area contributed by atoms with Gasteiger partial charge in [-0.2, -0.15) is 0 Å². The van der Waals surface area contributed by atoms with Crippen LogP contribution < -0.4 is 0 Å². The van der Waals surface area contributed by atoms with Gasteiger partial charge in [-0.05, 0) is 0 Å². The molecule has 0 unspecified atom stereocenters. The zero-order valence-corrected chi connectivity index (χ0v) is 9.39. The van der Waals surface area contributed by atoms with Crippen molar-refractivity contribution in [2.24, 2.45) is 0 Å². The van der Waals surface area contributed by atoms with Crippen molar-refractivity contribution in [3.05, 3.63) is 35.4 Å². The third-order valence-electron chi connectivity index (χ3n) is 1.54. The minimum atomic E-state index is -0.901. The molecule has 1 aromatic rings. The summed E-state index contributed by atoms with van der Waals surface area (Å²) in [4.78, 5) is 10.5. The molecule has 0 saturated heterocycles. The van der Waals surface area contributed by atoms with Crippen LogP contribution in [0.15, 0.2) is 18.2 Å². The standard InChI is InChI=1S/C9H9O2.Re/c1-2-7-5-3-4-6-8(7)9(10)11;/h3-5H,2H2,1H3,(H,10,11);/q-1;. The molecular weight excluding hydrogens is 326 g/mol. The topological polar surface area (TPSA) is 37.3 Å². The van der Waals surface area contributed by atoms with Gasteiger partial charge in [0.1, 0.15) is 0 Å². The van der Waals surface area contributed by atoms with E-state index in [1.807, 2.05) is 6.92 Å². The van der Waals surface area contributed by atoms with Crippen molar-refractivity contribution < 1.29 is 30.3 Å². The predicted octanol–water partition coefficient (Wildman–Crippen LogP) is 1.74.